The van der Waals surface area contributed by atoms with Crippen molar-refractivity contribution in [2.75, 3.05) is 13.1 Å². The van der Waals surface area contributed by atoms with Crippen molar-refractivity contribution in [1.29, 1.82) is 0 Å². The average molecular weight is 405 g/mol. The third kappa shape index (κ3) is 8.01. The number of alkyl carbamates (subject to hydrolysis) is 1. The number of ether oxygens (including phenoxy) is 2. The van der Waals surface area contributed by atoms with Crippen molar-refractivity contribution in [3.63, 3.8) is 0 Å². The number of carbonyl (C=O) groups is 3. The monoisotopic (exact) mass is 405 g/mol. The zero-order valence-electron chi connectivity index (χ0n) is 17.6. The first-order valence-corrected chi connectivity index (χ1v) is 9.89. The molecule has 2 N–H and O–H groups in total. The van der Waals surface area contributed by atoms with E-state index in [1.54, 1.807) is 32.6 Å². The van der Waals surface area contributed by atoms with E-state index in [1.807, 2.05) is 30.3 Å². The molecule has 2 rings (SSSR count). The second-order valence-electron chi connectivity index (χ2n) is 8.18. The van der Waals surface area contributed by atoms with Gasteiger partial charge in [-0.25, -0.2) is 9.59 Å². The first kappa shape index (κ1) is 22.5. The summed E-state index contributed by atoms with van der Waals surface area (Å²) in [6, 6.07) is 8.76. The molecule has 1 aromatic carbocycles. The van der Waals surface area contributed by atoms with Crippen LogP contribution in [0.3, 0.4) is 0 Å². The van der Waals surface area contributed by atoms with Crippen LogP contribution in [0.5, 0.6) is 0 Å². The molecule has 1 atom stereocenters. The lowest BCUT2D eigenvalue weighted by molar-refractivity contribution is -0.123. The summed E-state index contributed by atoms with van der Waals surface area (Å²) >= 11 is 0. The summed E-state index contributed by atoms with van der Waals surface area (Å²) in [4.78, 5) is 37.9. The van der Waals surface area contributed by atoms with Crippen molar-refractivity contribution >= 4 is 18.1 Å². The van der Waals surface area contributed by atoms with Crippen LogP contribution in [-0.4, -0.2) is 53.8 Å². The molecule has 0 unspecified atom stereocenters. The number of hydrogen-bond donors (Lipinski definition) is 2. The minimum atomic E-state index is -0.710. The number of piperidine rings is 1. The predicted octanol–water partition coefficient (Wildman–Crippen LogP) is 2.82. The van der Waals surface area contributed by atoms with Gasteiger partial charge in [-0.05, 0) is 46.1 Å². The number of nitrogens with one attached hydrogen (secondary N) is 2. The molecular formula is C21H31N3O5. The standard InChI is InChI=1S/C21H31N3O5/c1-15(22-19(26)29-21(2,3)4)18(25)23-17-10-12-24(13-11-17)20(27)28-14-16-8-6-5-7-9-16/h5-9,15,17H,10-14H2,1-4H3,(H,22,26)(H,23,25)/t15-/m0/s1. The Morgan fingerprint density at radius 2 is 1.76 bits per heavy atom. The summed E-state index contributed by atoms with van der Waals surface area (Å²) in [5.41, 5.74) is 0.317. The van der Waals surface area contributed by atoms with E-state index >= 15 is 0 Å². The predicted molar refractivity (Wildman–Crippen MR) is 108 cm³/mol. The fourth-order valence-corrected chi connectivity index (χ4v) is 2.89. The Balaban J connectivity index is 1.69. The van der Waals surface area contributed by atoms with E-state index in [0.29, 0.717) is 25.9 Å². The summed E-state index contributed by atoms with van der Waals surface area (Å²) in [6.45, 7) is 8.14. The molecule has 8 nitrogen and oxygen atoms in total. The average Bonchev–Trinajstić information content (AvgIpc) is 2.66. The highest BCUT2D eigenvalue weighted by molar-refractivity contribution is 5.85. The molecule has 1 fully saturated rings. The van der Waals surface area contributed by atoms with E-state index in [1.165, 1.54) is 0 Å². The molecule has 0 spiro atoms. The molecule has 1 heterocycles. The van der Waals surface area contributed by atoms with Crippen LogP contribution in [0.4, 0.5) is 9.59 Å². The Morgan fingerprint density at radius 3 is 2.34 bits per heavy atom. The topological polar surface area (TPSA) is 97.0 Å². The first-order chi connectivity index (χ1) is 13.6. The van der Waals surface area contributed by atoms with Gasteiger partial charge in [0.2, 0.25) is 5.91 Å². The number of carbonyl (C=O) groups excluding carboxylic acids is 3. The van der Waals surface area contributed by atoms with Gasteiger partial charge in [0.15, 0.2) is 0 Å². The highest BCUT2D eigenvalue weighted by Crippen LogP contribution is 2.13. The second kappa shape index (κ2) is 10.1. The van der Waals surface area contributed by atoms with Crippen LogP contribution in [0.1, 0.15) is 46.1 Å². The maximum Gasteiger partial charge on any atom is 0.410 e. The number of hydrogen-bond acceptors (Lipinski definition) is 5. The van der Waals surface area contributed by atoms with E-state index < -0.39 is 17.7 Å². The molecule has 1 aliphatic heterocycles. The van der Waals surface area contributed by atoms with Crippen LogP contribution in [-0.2, 0) is 20.9 Å². The van der Waals surface area contributed by atoms with Crippen molar-refractivity contribution < 1.29 is 23.9 Å². The Kier molecular flexibility index (Phi) is 7.87. The van der Waals surface area contributed by atoms with Crippen LogP contribution in [0.25, 0.3) is 0 Å². The van der Waals surface area contributed by atoms with Crippen LogP contribution < -0.4 is 10.6 Å². The molecule has 1 saturated heterocycles. The van der Waals surface area contributed by atoms with Gasteiger partial charge in [0.1, 0.15) is 18.2 Å². The van der Waals surface area contributed by atoms with Crippen LogP contribution in [0, 0.1) is 0 Å². The minimum absolute atomic E-state index is 0.0523. The van der Waals surface area contributed by atoms with Gasteiger partial charge in [0.25, 0.3) is 0 Å². The van der Waals surface area contributed by atoms with Crippen LogP contribution >= 0.6 is 0 Å². The first-order valence-electron chi connectivity index (χ1n) is 9.89. The van der Waals surface area contributed by atoms with E-state index in [0.717, 1.165) is 5.56 Å². The van der Waals surface area contributed by atoms with E-state index in [9.17, 15) is 14.4 Å². The van der Waals surface area contributed by atoms with E-state index in [2.05, 4.69) is 10.6 Å². The highest BCUT2D eigenvalue weighted by Gasteiger charge is 2.27. The third-order valence-corrected chi connectivity index (χ3v) is 4.43. The van der Waals surface area contributed by atoms with Crippen LogP contribution in [0.15, 0.2) is 30.3 Å². The lowest BCUT2D eigenvalue weighted by atomic mass is 10.1. The molecule has 0 aromatic heterocycles. The molecule has 160 valence electrons. The molecular weight excluding hydrogens is 374 g/mol. The molecule has 0 aliphatic carbocycles. The molecule has 1 aliphatic rings. The quantitative estimate of drug-likeness (QED) is 0.785. The van der Waals surface area contributed by atoms with Gasteiger partial charge in [-0.2, -0.15) is 0 Å². The molecule has 8 heteroatoms. The molecule has 3 amide bonds. The molecule has 29 heavy (non-hydrogen) atoms. The number of rotatable bonds is 5. The lowest BCUT2D eigenvalue weighted by Crippen LogP contribution is -2.52. The van der Waals surface area contributed by atoms with Gasteiger partial charge < -0.3 is 25.0 Å². The van der Waals surface area contributed by atoms with Crippen molar-refractivity contribution in [2.45, 2.75) is 64.8 Å². The van der Waals surface area contributed by atoms with E-state index in [4.69, 9.17) is 9.47 Å². The van der Waals surface area contributed by atoms with Gasteiger partial charge in [0.05, 0.1) is 0 Å². The van der Waals surface area contributed by atoms with Gasteiger partial charge in [-0.1, -0.05) is 30.3 Å². The van der Waals surface area contributed by atoms with Crippen LogP contribution in [0.2, 0.25) is 0 Å². The summed E-state index contributed by atoms with van der Waals surface area (Å²) in [5, 5.41) is 5.44. The van der Waals surface area contributed by atoms with Gasteiger partial charge in [-0.3, -0.25) is 4.79 Å². The Hall–Kier alpha value is -2.77. The maximum absolute atomic E-state index is 12.3. The fraction of sp³-hybridized carbons (Fsp3) is 0.571. The Morgan fingerprint density at radius 1 is 1.14 bits per heavy atom. The third-order valence-electron chi connectivity index (χ3n) is 4.43. The smallest absolute Gasteiger partial charge is 0.410 e. The van der Waals surface area contributed by atoms with Crippen molar-refractivity contribution in [3.05, 3.63) is 35.9 Å². The normalized spacial score (nSPS) is 15.9. The molecule has 0 saturated carbocycles. The number of likely N-dealkylation sites (tertiary alicyclic amines) is 1. The maximum atomic E-state index is 12.3. The summed E-state index contributed by atoms with van der Waals surface area (Å²) in [6.07, 6.45) is 0.283. The van der Waals surface area contributed by atoms with E-state index in [-0.39, 0.29) is 24.6 Å². The molecule has 1 aromatic rings. The summed E-state index contributed by atoms with van der Waals surface area (Å²) in [7, 11) is 0. The summed E-state index contributed by atoms with van der Waals surface area (Å²) in [5.74, 6) is -0.277. The zero-order chi connectivity index (χ0) is 21.4. The second-order valence-corrected chi connectivity index (χ2v) is 8.18. The van der Waals surface area contributed by atoms with Gasteiger partial charge >= 0.3 is 12.2 Å². The minimum Gasteiger partial charge on any atom is -0.445 e. The van der Waals surface area contributed by atoms with Gasteiger partial charge in [-0.15, -0.1) is 0 Å². The fourth-order valence-electron chi connectivity index (χ4n) is 2.89. The highest BCUT2D eigenvalue weighted by atomic mass is 16.6. The molecule has 0 bridgehead atoms. The SMILES string of the molecule is C[C@H](NC(=O)OC(C)(C)C)C(=O)NC1CCN(C(=O)OCc2ccccc2)CC1. The van der Waals surface area contributed by atoms with Crippen molar-refractivity contribution in [1.82, 2.24) is 15.5 Å². The zero-order valence-corrected chi connectivity index (χ0v) is 17.6. The van der Waals surface area contributed by atoms with Crippen molar-refractivity contribution in [2.24, 2.45) is 0 Å². The Labute approximate surface area is 171 Å². The number of amides is 3. The largest absolute Gasteiger partial charge is 0.445 e. The van der Waals surface area contributed by atoms with Gasteiger partial charge in [0, 0.05) is 19.1 Å². The number of benzene rings is 1. The lowest BCUT2D eigenvalue weighted by Gasteiger charge is -2.32. The Bertz CT molecular complexity index is 694. The van der Waals surface area contributed by atoms with Crippen molar-refractivity contribution in [3.8, 4) is 0 Å². The number of nitrogens with zero attached hydrogens (tertiary/aromatic N) is 1. The summed E-state index contributed by atoms with van der Waals surface area (Å²) < 4.78 is 10.5. The molecule has 0 radical (unpaired) electrons.